The molecule has 5 nitrogen and oxygen atoms in total. The first-order valence-corrected chi connectivity index (χ1v) is 10.2. The van der Waals surface area contributed by atoms with Gasteiger partial charge in [0.05, 0.1) is 7.11 Å². The van der Waals surface area contributed by atoms with E-state index >= 15 is 0 Å². The topological polar surface area (TPSA) is 67.4 Å². The van der Waals surface area contributed by atoms with Crippen LogP contribution >= 0.6 is 0 Å². The molecule has 1 atom stereocenters. The molecule has 0 unspecified atom stereocenters. The predicted octanol–water partition coefficient (Wildman–Crippen LogP) is 3.29. The Morgan fingerprint density at radius 1 is 1.07 bits per heavy atom. The summed E-state index contributed by atoms with van der Waals surface area (Å²) in [7, 11) is 1.36. The average Bonchev–Trinajstić information content (AvgIpc) is 2.65. The number of methoxy groups -OCH3 is 1. The first kappa shape index (κ1) is 18.3. The predicted molar refractivity (Wildman–Crippen MR) is 103 cm³/mol. The quantitative estimate of drug-likeness (QED) is 0.755. The molecular weight excluding hydrogens is 340 g/mol. The van der Waals surface area contributed by atoms with Gasteiger partial charge in [0.1, 0.15) is 6.04 Å². The summed E-state index contributed by atoms with van der Waals surface area (Å²) in [6, 6.07) is 8.75. The van der Waals surface area contributed by atoms with Crippen LogP contribution in [0, 0.1) is 23.2 Å². The van der Waals surface area contributed by atoms with Crippen molar-refractivity contribution in [3.8, 4) is 0 Å². The largest absolute Gasteiger partial charge is 0.467 e. The lowest BCUT2D eigenvalue weighted by molar-refractivity contribution is -0.142. The van der Waals surface area contributed by atoms with Crippen LogP contribution in [0.15, 0.2) is 30.3 Å². The number of carbonyl (C=O) groups excluding carboxylic acids is 2. The van der Waals surface area contributed by atoms with Gasteiger partial charge in [0.15, 0.2) is 0 Å². The first-order chi connectivity index (χ1) is 13.0. The van der Waals surface area contributed by atoms with Gasteiger partial charge in [-0.15, -0.1) is 0 Å². The van der Waals surface area contributed by atoms with Crippen LogP contribution in [0.4, 0.5) is 4.79 Å². The van der Waals surface area contributed by atoms with Crippen molar-refractivity contribution in [3.63, 3.8) is 0 Å². The number of hydrogen-bond acceptors (Lipinski definition) is 3. The molecule has 0 radical (unpaired) electrons. The zero-order chi connectivity index (χ0) is 18.9. The molecule has 0 aliphatic heterocycles. The van der Waals surface area contributed by atoms with Gasteiger partial charge in [0.25, 0.3) is 0 Å². The minimum Gasteiger partial charge on any atom is -0.467 e. The normalized spacial score (nSPS) is 32.0. The van der Waals surface area contributed by atoms with Gasteiger partial charge in [0.2, 0.25) is 0 Å². The second-order valence-corrected chi connectivity index (χ2v) is 9.01. The number of benzene rings is 1. The van der Waals surface area contributed by atoms with Crippen LogP contribution in [0.2, 0.25) is 0 Å². The third-order valence-corrected chi connectivity index (χ3v) is 6.86. The van der Waals surface area contributed by atoms with Crippen molar-refractivity contribution in [1.82, 2.24) is 10.6 Å². The van der Waals surface area contributed by atoms with E-state index in [4.69, 9.17) is 4.74 Å². The second-order valence-electron chi connectivity index (χ2n) is 9.01. The number of rotatable bonds is 6. The molecule has 0 saturated heterocycles. The number of amides is 2. The van der Waals surface area contributed by atoms with E-state index in [1.54, 1.807) is 0 Å². The standard InChI is InChI=1S/C22H30N2O3/c1-27-20(25)19(10-15-5-3-2-4-6-15)24-21(26)23-14-22-11-16-7-17(12-22)9-18(8-16)13-22/h2-6,16-19H,7-14H2,1H3,(H2,23,24,26)/t16?,17?,18?,19-,22?/m1/s1. The third-order valence-electron chi connectivity index (χ3n) is 6.86. The molecule has 5 rings (SSSR count). The number of nitrogens with one attached hydrogen (secondary N) is 2. The molecule has 0 spiro atoms. The smallest absolute Gasteiger partial charge is 0.328 e. The molecule has 1 aromatic carbocycles. The summed E-state index contributed by atoms with van der Waals surface area (Å²) < 4.78 is 4.88. The second kappa shape index (κ2) is 7.53. The Bertz CT molecular complexity index is 653. The first-order valence-electron chi connectivity index (χ1n) is 10.2. The summed E-state index contributed by atoms with van der Waals surface area (Å²) in [4.78, 5) is 24.6. The fourth-order valence-corrected chi connectivity index (χ4v) is 6.17. The molecule has 5 heteroatoms. The summed E-state index contributed by atoms with van der Waals surface area (Å²) in [5.41, 5.74) is 1.28. The van der Waals surface area contributed by atoms with E-state index in [9.17, 15) is 9.59 Å². The van der Waals surface area contributed by atoms with E-state index in [1.807, 2.05) is 30.3 Å². The lowest BCUT2D eigenvalue weighted by Gasteiger charge is -2.56. The van der Waals surface area contributed by atoms with Crippen molar-refractivity contribution in [2.45, 2.75) is 51.0 Å². The van der Waals surface area contributed by atoms with Gasteiger partial charge in [-0.2, -0.15) is 0 Å². The van der Waals surface area contributed by atoms with Crippen LogP contribution in [-0.2, 0) is 16.0 Å². The molecule has 2 amide bonds. The molecular formula is C22H30N2O3. The highest BCUT2D eigenvalue weighted by Gasteiger charge is 2.50. The van der Waals surface area contributed by atoms with E-state index in [0.29, 0.717) is 6.42 Å². The van der Waals surface area contributed by atoms with Crippen molar-refractivity contribution < 1.29 is 14.3 Å². The molecule has 0 heterocycles. The lowest BCUT2D eigenvalue weighted by atomic mass is 9.49. The summed E-state index contributed by atoms with van der Waals surface area (Å²) >= 11 is 0. The highest BCUT2D eigenvalue weighted by atomic mass is 16.5. The Morgan fingerprint density at radius 2 is 1.67 bits per heavy atom. The summed E-state index contributed by atoms with van der Waals surface area (Å²) in [6.07, 6.45) is 8.38. The molecule has 4 aliphatic rings. The van der Waals surface area contributed by atoms with Crippen molar-refractivity contribution in [1.29, 1.82) is 0 Å². The average molecular weight is 370 g/mol. The van der Waals surface area contributed by atoms with Crippen molar-refractivity contribution >= 4 is 12.0 Å². The van der Waals surface area contributed by atoms with Crippen LogP contribution in [0.5, 0.6) is 0 Å². The number of ether oxygens (including phenoxy) is 1. The Labute approximate surface area is 161 Å². The third kappa shape index (κ3) is 4.12. The van der Waals surface area contributed by atoms with Gasteiger partial charge < -0.3 is 15.4 Å². The maximum absolute atomic E-state index is 12.5. The number of hydrogen-bond donors (Lipinski definition) is 2. The van der Waals surface area contributed by atoms with Crippen LogP contribution in [0.25, 0.3) is 0 Å². The zero-order valence-corrected chi connectivity index (χ0v) is 16.1. The van der Waals surface area contributed by atoms with Crippen LogP contribution in [0.3, 0.4) is 0 Å². The fourth-order valence-electron chi connectivity index (χ4n) is 6.17. The van der Waals surface area contributed by atoms with Gasteiger partial charge >= 0.3 is 12.0 Å². The highest BCUT2D eigenvalue weighted by molar-refractivity contribution is 5.83. The zero-order valence-electron chi connectivity index (χ0n) is 16.1. The van der Waals surface area contributed by atoms with Crippen molar-refractivity contribution in [2.75, 3.05) is 13.7 Å². The molecule has 1 aromatic rings. The van der Waals surface area contributed by atoms with Crippen LogP contribution in [-0.4, -0.2) is 31.7 Å². The SMILES string of the molecule is COC(=O)[C@@H](Cc1ccccc1)NC(=O)NCC12CC3CC(CC(C3)C1)C2. The Kier molecular flexibility index (Phi) is 5.11. The fraction of sp³-hybridized carbons (Fsp3) is 0.636. The highest BCUT2D eigenvalue weighted by Crippen LogP contribution is 2.59. The molecule has 4 aliphatic carbocycles. The Hall–Kier alpha value is -2.04. The molecule has 4 bridgehead atoms. The molecule has 4 fully saturated rings. The van der Waals surface area contributed by atoms with Crippen molar-refractivity contribution in [2.24, 2.45) is 23.2 Å². The summed E-state index contributed by atoms with van der Waals surface area (Å²) in [5.74, 6) is 2.18. The molecule has 146 valence electrons. The number of esters is 1. The van der Waals surface area contributed by atoms with Gasteiger partial charge in [-0.3, -0.25) is 0 Å². The van der Waals surface area contributed by atoms with Gasteiger partial charge in [-0.05, 0) is 67.3 Å². The molecule has 0 aromatic heterocycles. The Morgan fingerprint density at radius 3 is 2.22 bits per heavy atom. The van der Waals surface area contributed by atoms with Gasteiger partial charge in [0, 0.05) is 13.0 Å². The van der Waals surface area contributed by atoms with E-state index in [1.165, 1.54) is 45.6 Å². The van der Waals surface area contributed by atoms with E-state index < -0.39 is 12.0 Å². The van der Waals surface area contributed by atoms with E-state index in [-0.39, 0.29) is 11.4 Å². The van der Waals surface area contributed by atoms with Gasteiger partial charge in [-0.1, -0.05) is 30.3 Å². The summed E-state index contributed by atoms with van der Waals surface area (Å²) in [6.45, 7) is 0.724. The number of carbonyl (C=O) groups is 2. The van der Waals surface area contributed by atoms with Crippen molar-refractivity contribution in [3.05, 3.63) is 35.9 Å². The minimum atomic E-state index is -0.672. The van der Waals surface area contributed by atoms with E-state index in [2.05, 4.69) is 10.6 Å². The maximum Gasteiger partial charge on any atom is 0.328 e. The Balaban J connectivity index is 1.34. The van der Waals surface area contributed by atoms with Gasteiger partial charge in [-0.25, -0.2) is 9.59 Å². The maximum atomic E-state index is 12.5. The van der Waals surface area contributed by atoms with Crippen LogP contribution < -0.4 is 10.6 Å². The summed E-state index contributed by atoms with van der Waals surface area (Å²) in [5, 5.41) is 5.90. The number of urea groups is 1. The lowest BCUT2D eigenvalue weighted by Crippen LogP contribution is -2.54. The van der Waals surface area contributed by atoms with Crippen LogP contribution in [0.1, 0.15) is 44.1 Å². The molecule has 2 N–H and O–H groups in total. The molecule has 27 heavy (non-hydrogen) atoms. The molecule has 4 saturated carbocycles. The monoisotopic (exact) mass is 370 g/mol. The minimum absolute atomic E-state index is 0.267. The van der Waals surface area contributed by atoms with E-state index in [0.717, 1.165) is 29.9 Å².